The van der Waals surface area contributed by atoms with Gasteiger partial charge in [-0.05, 0) is 44.6 Å². The lowest BCUT2D eigenvalue weighted by Gasteiger charge is -2.33. The molecule has 5 heteroatoms. The van der Waals surface area contributed by atoms with E-state index >= 15 is 0 Å². The Balaban J connectivity index is 1.43. The van der Waals surface area contributed by atoms with E-state index in [9.17, 15) is 4.79 Å². The van der Waals surface area contributed by atoms with Gasteiger partial charge in [-0.1, -0.05) is 30.3 Å². The standard InChI is InChI=1S/C19H24N4O/c1-13-20-14(2)23(21-13)16-9-6-10-22(12-16)19(24)18-11-17(18)15-7-4-3-5-8-15/h3-5,7-8,16-18H,6,9-12H2,1-2H3/t16-,17+,18-/m1/s1. The van der Waals surface area contributed by atoms with Crippen molar-refractivity contribution < 1.29 is 4.79 Å². The van der Waals surface area contributed by atoms with Gasteiger partial charge in [0.05, 0.1) is 6.04 Å². The van der Waals surface area contributed by atoms with Crippen molar-refractivity contribution in [1.29, 1.82) is 0 Å². The van der Waals surface area contributed by atoms with Crippen LogP contribution < -0.4 is 0 Å². The summed E-state index contributed by atoms with van der Waals surface area (Å²) in [6.07, 6.45) is 3.10. The second-order valence-corrected chi connectivity index (χ2v) is 7.09. The van der Waals surface area contributed by atoms with Crippen LogP contribution in [0, 0.1) is 19.8 Å². The van der Waals surface area contributed by atoms with Crippen LogP contribution in [0.25, 0.3) is 0 Å². The number of aryl methyl sites for hydroxylation is 2. The molecule has 0 unspecified atom stereocenters. The fourth-order valence-electron chi connectivity index (χ4n) is 4.01. The van der Waals surface area contributed by atoms with Crippen LogP contribution in [0.5, 0.6) is 0 Å². The summed E-state index contributed by atoms with van der Waals surface area (Å²) in [5, 5.41) is 4.52. The van der Waals surface area contributed by atoms with Crippen LogP contribution in [0.2, 0.25) is 0 Å². The molecule has 24 heavy (non-hydrogen) atoms. The monoisotopic (exact) mass is 324 g/mol. The molecule has 5 nitrogen and oxygen atoms in total. The molecule has 3 atom stereocenters. The van der Waals surface area contributed by atoms with Gasteiger partial charge in [-0.2, -0.15) is 5.10 Å². The Morgan fingerprint density at radius 2 is 2.00 bits per heavy atom. The fourth-order valence-corrected chi connectivity index (χ4v) is 4.01. The minimum atomic E-state index is 0.171. The topological polar surface area (TPSA) is 51.0 Å². The van der Waals surface area contributed by atoms with Crippen molar-refractivity contribution in [3.63, 3.8) is 0 Å². The molecule has 4 rings (SSSR count). The van der Waals surface area contributed by atoms with E-state index in [4.69, 9.17) is 0 Å². The third-order valence-corrected chi connectivity index (χ3v) is 5.30. The maximum Gasteiger partial charge on any atom is 0.226 e. The van der Waals surface area contributed by atoms with Gasteiger partial charge in [-0.15, -0.1) is 0 Å². The smallest absolute Gasteiger partial charge is 0.226 e. The average molecular weight is 324 g/mol. The van der Waals surface area contributed by atoms with Gasteiger partial charge in [0.15, 0.2) is 0 Å². The van der Waals surface area contributed by atoms with E-state index in [-0.39, 0.29) is 12.0 Å². The summed E-state index contributed by atoms with van der Waals surface area (Å²) in [6, 6.07) is 10.7. The van der Waals surface area contributed by atoms with Crippen LogP contribution in [0.15, 0.2) is 30.3 Å². The molecule has 2 aliphatic rings. The molecule has 1 aliphatic heterocycles. The number of hydrogen-bond acceptors (Lipinski definition) is 3. The summed E-state index contributed by atoms with van der Waals surface area (Å²) < 4.78 is 2.01. The van der Waals surface area contributed by atoms with Crippen LogP contribution in [-0.4, -0.2) is 38.7 Å². The van der Waals surface area contributed by atoms with Crippen molar-refractivity contribution in [3.05, 3.63) is 47.5 Å². The van der Waals surface area contributed by atoms with Gasteiger partial charge in [0, 0.05) is 19.0 Å². The molecule has 1 aromatic carbocycles. The first-order valence-corrected chi connectivity index (χ1v) is 8.87. The molecule has 2 heterocycles. The van der Waals surface area contributed by atoms with Gasteiger partial charge in [0.1, 0.15) is 11.6 Å². The number of amides is 1. The van der Waals surface area contributed by atoms with Crippen molar-refractivity contribution in [2.24, 2.45) is 5.92 Å². The minimum absolute atomic E-state index is 0.171. The number of piperidine rings is 1. The molecule has 0 bridgehead atoms. The molecular formula is C19H24N4O. The van der Waals surface area contributed by atoms with Crippen LogP contribution in [0.1, 0.15) is 48.4 Å². The summed E-state index contributed by atoms with van der Waals surface area (Å²) >= 11 is 0. The molecule has 126 valence electrons. The van der Waals surface area contributed by atoms with E-state index in [1.54, 1.807) is 0 Å². The third kappa shape index (κ3) is 2.83. The molecule has 1 aromatic heterocycles. The van der Waals surface area contributed by atoms with Crippen LogP contribution in [-0.2, 0) is 4.79 Å². The first kappa shape index (κ1) is 15.4. The zero-order valence-corrected chi connectivity index (χ0v) is 14.4. The molecule has 0 spiro atoms. The summed E-state index contributed by atoms with van der Waals surface area (Å²) in [5.74, 6) is 2.66. The molecular weight excluding hydrogens is 300 g/mol. The minimum Gasteiger partial charge on any atom is -0.340 e. The van der Waals surface area contributed by atoms with E-state index in [1.165, 1.54) is 5.56 Å². The highest BCUT2D eigenvalue weighted by Gasteiger charge is 2.46. The Kier molecular flexibility index (Phi) is 3.87. The van der Waals surface area contributed by atoms with Gasteiger partial charge >= 0.3 is 0 Å². The number of likely N-dealkylation sites (tertiary alicyclic amines) is 1. The number of rotatable bonds is 3. The molecule has 0 N–H and O–H groups in total. The highest BCUT2D eigenvalue weighted by atomic mass is 16.2. The second-order valence-electron chi connectivity index (χ2n) is 7.09. The van der Waals surface area contributed by atoms with Crippen molar-refractivity contribution in [1.82, 2.24) is 19.7 Å². The quantitative estimate of drug-likeness (QED) is 0.872. The van der Waals surface area contributed by atoms with E-state index in [2.05, 4.69) is 39.2 Å². The molecule has 1 amide bonds. The number of carbonyl (C=O) groups excluding carboxylic acids is 1. The molecule has 1 saturated heterocycles. The molecule has 0 radical (unpaired) electrons. The lowest BCUT2D eigenvalue weighted by Crippen LogP contribution is -2.42. The Morgan fingerprint density at radius 3 is 2.71 bits per heavy atom. The van der Waals surface area contributed by atoms with E-state index in [0.29, 0.717) is 11.8 Å². The van der Waals surface area contributed by atoms with Crippen molar-refractivity contribution >= 4 is 5.91 Å². The van der Waals surface area contributed by atoms with Crippen molar-refractivity contribution in [2.75, 3.05) is 13.1 Å². The molecule has 2 fully saturated rings. The zero-order valence-electron chi connectivity index (χ0n) is 14.4. The zero-order chi connectivity index (χ0) is 16.7. The predicted octanol–water partition coefficient (Wildman–Crippen LogP) is 2.86. The van der Waals surface area contributed by atoms with E-state index < -0.39 is 0 Å². The van der Waals surface area contributed by atoms with Gasteiger partial charge < -0.3 is 4.90 Å². The summed E-state index contributed by atoms with van der Waals surface area (Å²) in [5.41, 5.74) is 1.30. The van der Waals surface area contributed by atoms with Crippen LogP contribution >= 0.6 is 0 Å². The lowest BCUT2D eigenvalue weighted by atomic mass is 10.0. The largest absolute Gasteiger partial charge is 0.340 e. The molecule has 1 aliphatic carbocycles. The summed E-state index contributed by atoms with van der Waals surface area (Å²) in [4.78, 5) is 19.3. The maximum absolute atomic E-state index is 12.9. The fraction of sp³-hybridized carbons (Fsp3) is 0.526. The first-order chi connectivity index (χ1) is 11.6. The summed E-state index contributed by atoms with van der Waals surface area (Å²) in [7, 11) is 0. The average Bonchev–Trinajstić information content (AvgIpc) is 3.33. The molecule has 2 aromatic rings. The number of hydrogen-bond donors (Lipinski definition) is 0. The predicted molar refractivity (Wildman–Crippen MR) is 91.6 cm³/mol. The highest BCUT2D eigenvalue weighted by molar-refractivity contribution is 5.83. The lowest BCUT2D eigenvalue weighted by molar-refractivity contribution is -0.134. The van der Waals surface area contributed by atoms with Crippen molar-refractivity contribution in [3.8, 4) is 0 Å². The van der Waals surface area contributed by atoms with Crippen LogP contribution in [0.3, 0.4) is 0 Å². The van der Waals surface area contributed by atoms with Gasteiger partial charge in [-0.25, -0.2) is 9.67 Å². The Morgan fingerprint density at radius 1 is 1.21 bits per heavy atom. The van der Waals surface area contributed by atoms with Gasteiger partial charge in [0.2, 0.25) is 5.91 Å². The highest BCUT2D eigenvalue weighted by Crippen LogP contribution is 2.48. The van der Waals surface area contributed by atoms with E-state index in [1.807, 2.05) is 24.6 Å². The normalized spacial score (nSPS) is 26.4. The SMILES string of the molecule is Cc1nc(C)n([C@@H]2CCCN(C(=O)[C@@H]3C[C@H]3c3ccccc3)C2)n1. The summed E-state index contributed by atoms with van der Waals surface area (Å²) in [6.45, 7) is 5.55. The Hall–Kier alpha value is -2.17. The first-order valence-electron chi connectivity index (χ1n) is 8.87. The maximum atomic E-state index is 12.9. The third-order valence-electron chi connectivity index (χ3n) is 5.30. The second kappa shape index (κ2) is 6.04. The van der Waals surface area contributed by atoms with Gasteiger partial charge in [0.25, 0.3) is 0 Å². The number of carbonyl (C=O) groups is 1. The number of aromatic nitrogens is 3. The Bertz CT molecular complexity index is 739. The Labute approximate surface area is 142 Å². The van der Waals surface area contributed by atoms with Crippen molar-refractivity contribution in [2.45, 2.75) is 45.1 Å². The number of benzene rings is 1. The van der Waals surface area contributed by atoms with Crippen LogP contribution in [0.4, 0.5) is 0 Å². The van der Waals surface area contributed by atoms with Gasteiger partial charge in [-0.3, -0.25) is 4.79 Å². The number of nitrogens with zero attached hydrogens (tertiary/aromatic N) is 4. The molecule has 1 saturated carbocycles. The van der Waals surface area contributed by atoms with E-state index in [0.717, 1.165) is 44.0 Å².